The second-order valence-corrected chi connectivity index (χ2v) is 10.1. The lowest BCUT2D eigenvalue weighted by Crippen LogP contribution is -2.43. The number of aliphatic carboxylic acids is 1. The van der Waals surface area contributed by atoms with Gasteiger partial charge in [-0.3, -0.25) is 9.59 Å². The number of alkyl carbamates (subject to hydrolysis) is 1. The first-order valence-electron chi connectivity index (χ1n) is 11.3. The molecule has 0 radical (unpaired) electrons. The number of nitrogens with zero attached hydrogens (tertiary/aromatic N) is 1. The molecule has 0 spiro atoms. The first kappa shape index (κ1) is 24.4. The molecule has 0 bridgehead atoms. The van der Waals surface area contributed by atoms with Gasteiger partial charge in [0.1, 0.15) is 16.5 Å². The van der Waals surface area contributed by atoms with Gasteiger partial charge in [-0.15, -0.1) is 11.3 Å². The van der Waals surface area contributed by atoms with E-state index in [1.807, 2.05) is 24.3 Å². The zero-order valence-corrected chi connectivity index (χ0v) is 20.4. The third-order valence-electron chi connectivity index (χ3n) is 5.92. The van der Waals surface area contributed by atoms with Crippen LogP contribution in [0.25, 0.3) is 11.1 Å². The number of benzene rings is 2. The molecule has 1 aromatic heterocycles. The number of carbonyl (C=O) groups is 3. The second-order valence-electron chi connectivity index (χ2n) is 9.03. The molecule has 1 aliphatic carbocycles. The minimum Gasteiger partial charge on any atom is -0.481 e. The highest BCUT2D eigenvalue weighted by Gasteiger charge is 2.29. The maximum Gasteiger partial charge on any atom is 0.407 e. The van der Waals surface area contributed by atoms with Crippen molar-refractivity contribution in [3.63, 3.8) is 0 Å². The quantitative estimate of drug-likeness (QED) is 0.402. The number of ether oxygens (including phenoxy) is 1. The van der Waals surface area contributed by atoms with Crippen LogP contribution < -0.4 is 10.6 Å². The zero-order chi connectivity index (χ0) is 25.0. The second kappa shape index (κ2) is 10.3. The molecule has 8 nitrogen and oxygen atoms in total. The van der Waals surface area contributed by atoms with E-state index in [4.69, 9.17) is 9.84 Å². The van der Waals surface area contributed by atoms with Crippen molar-refractivity contribution in [2.24, 2.45) is 0 Å². The molecule has 35 heavy (non-hydrogen) atoms. The number of fused-ring (bicyclic) bond motifs is 3. The van der Waals surface area contributed by atoms with Crippen molar-refractivity contribution in [2.45, 2.75) is 44.7 Å². The van der Waals surface area contributed by atoms with Crippen molar-refractivity contribution in [1.29, 1.82) is 0 Å². The van der Waals surface area contributed by atoms with E-state index in [1.165, 1.54) is 6.20 Å². The Balaban J connectivity index is 1.29. The largest absolute Gasteiger partial charge is 0.481 e. The van der Waals surface area contributed by atoms with Gasteiger partial charge in [-0.2, -0.15) is 0 Å². The summed E-state index contributed by atoms with van der Waals surface area (Å²) in [5.41, 5.74) is 3.94. The minimum atomic E-state index is -0.910. The smallest absolute Gasteiger partial charge is 0.407 e. The Kier molecular flexibility index (Phi) is 7.16. The lowest BCUT2D eigenvalue weighted by atomic mass is 9.98. The van der Waals surface area contributed by atoms with Gasteiger partial charge in [-0.05, 0) is 42.5 Å². The van der Waals surface area contributed by atoms with Crippen LogP contribution in [0.5, 0.6) is 0 Å². The Labute approximate surface area is 207 Å². The number of aromatic nitrogens is 1. The van der Waals surface area contributed by atoms with Crippen molar-refractivity contribution in [2.75, 3.05) is 6.61 Å². The lowest BCUT2D eigenvalue weighted by Gasteiger charge is -2.25. The van der Waals surface area contributed by atoms with Crippen LogP contribution in [-0.4, -0.2) is 40.2 Å². The lowest BCUT2D eigenvalue weighted by molar-refractivity contribution is -0.137. The van der Waals surface area contributed by atoms with E-state index in [-0.39, 0.29) is 31.4 Å². The van der Waals surface area contributed by atoms with E-state index in [0.29, 0.717) is 16.3 Å². The maximum atomic E-state index is 12.5. The fourth-order valence-electron chi connectivity index (χ4n) is 4.15. The van der Waals surface area contributed by atoms with Crippen molar-refractivity contribution in [3.05, 3.63) is 75.7 Å². The van der Waals surface area contributed by atoms with E-state index in [0.717, 1.165) is 33.6 Å². The van der Waals surface area contributed by atoms with Gasteiger partial charge in [0.15, 0.2) is 0 Å². The molecule has 0 atom stereocenters. The summed E-state index contributed by atoms with van der Waals surface area (Å²) < 4.78 is 5.53. The van der Waals surface area contributed by atoms with Gasteiger partial charge >= 0.3 is 12.1 Å². The molecule has 9 heteroatoms. The molecule has 3 N–H and O–H groups in total. The van der Waals surface area contributed by atoms with Crippen molar-refractivity contribution in [1.82, 2.24) is 15.6 Å². The van der Waals surface area contributed by atoms with E-state index in [1.54, 1.807) is 13.8 Å². The molecule has 182 valence electrons. The highest BCUT2D eigenvalue weighted by atomic mass is 32.1. The van der Waals surface area contributed by atoms with Crippen molar-refractivity contribution < 1.29 is 24.2 Å². The minimum absolute atomic E-state index is 0.0206. The van der Waals surface area contributed by atoms with Crippen LogP contribution in [0.4, 0.5) is 4.79 Å². The number of nitrogens with one attached hydrogen (secondary N) is 2. The first-order chi connectivity index (χ1) is 16.7. The molecular formula is C26H27N3O5S. The fourth-order valence-corrected chi connectivity index (χ4v) is 4.90. The van der Waals surface area contributed by atoms with Crippen LogP contribution in [-0.2, 0) is 16.1 Å². The van der Waals surface area contributed by atoms with Crippen LogP contribution in [0.1, 0.15) is 58.4 Å². The van der Waals surface area contributed by atoms with Crippen molar-refractivity contribution in [3.8, 4) is 11.1 Å². The summed E-state index contributed by atoms with van der Waals surface area (Å²) in [4.78, 5) is 40.3. The average Bonchev–Trinajstić information content (AvgIpc) is 3.43. The zero-order valence-electron chi connectivity index (χ0n) is 19.5. The number of carboxylic acid groups (broad SMARTS) is 1. The Hall–Kier alpha value is -3.72. The molecule has 0 saturated heterocycles. The Morgan fingerprint density at radius 2 is 1.69 bits per heavy atom. The number of thiazole rings is 1. The molecule has 1 aliphatic rings. The Morgan fingerprint density at radius 1 is 1.06 bits per heavy atom. The number of carboxylic acids is 1. The normalized spacial score (nSPS) is 12.5. The Morgan fingerprint density at radius 3 is 2.31 bits per heavy atom. The van der Waals surface area contributed by atoms with E-state index < -0.39 is 17.6 Å². The summed E-state index contributed by atoms with van der Waals surface area (Å²) >= 11 is 1.16. The van der Waals surface area contributed by atoms with Gasteiger partial charge in [0.25, 0.3) is 5.91 Å². The van der Waals surface area contributed by atoms with Gasteiger partial charge in [-0.25, -0.2) is 9.78 Å². The average molecular weight is 494 g/mol. The Bertz CT molecular complexity index is 1210. The van der Waals surface area contributed by atoms with Gasteiger partial charge in [-0.1, -0.05) is 48.5 Å². The van der Waals surface area contributed by atoms with Gasteiger partial charge in [0, 0.05) is 17.9 Å². The summed E-state index contributed by atoms with van der Waals surface area (Å²) in [7, 11) is 0. The number of hydrogen-bond acceptors (Lipinski definition) is 6. The molecule has 2 amide bonds. The summed E-state index contributed by atoms with van der Waals surface area (Å²) in [5, 5.41) is 14.9. The predicted octanol–water partition coefficient (Wildman–Crippen LogP) is 4.56. The molecule has 0 fully saturated rings. The molecule has 0 saturated carbocycles. The highest BCUT2D eigenvalue weighted by Crippen LogP contribution is 2.44. The predicted molar refractivity (Wildman–Crippen MR) is 132 cm³/mol. The third-order valence-corrected chi connectivity index (χ3v) is 6.92. The summed E-state index contributed by atoms with van der Waals surface area (Å²) in [6.45, 7) is 3.90. The topological polar surface area (TPSA) is 118 Å². The molecule has 4 rings (SSSR count). The molecule has 1 heterocycles. The number of amides is 2. The number of hydrogen-bond donors (Lipinski definition) is 3. The van der Waals surface area contributed by atoms with Gasteiger partial charge in [0.2, 0.25) is 0 Å². The highest BCUT2D eigenvalue weighted by molar-refractivity contribution is 7.13. The number of rotatable bonds is 9. The molecule has 0 aliphatic heterocycles. The monoisotopic (exact) mass is 493 g/mol. The summed E-state index contributed by atoms with van der Waals surface area (Å²) in [6.07, 6.45) is 1.17. The standard InChI is InChI=1S/C26H27N3O5S/c1-26(2,12-11-23(30)31)29-24(32)21-13-27-22(35-21)14-28-25(33)34-15-20-18-9-5-3-7-16(18)17-8-4-6-10-19(17)20/h3-10,13,20H,11-12,14-15H2,1-2H3,(H,28,33)(H,29,32)(H,30,31). The van der Waals surface area contributed by atoms with E-state index >= 15 is 0 Å². The van der Waals surface area contributed by atoms with Crippen molar-refractivity contribution >= 4 is 29.3 Å². The molecule has 2 aromatic carbocycles. The SMILES string of the molecule is CC(C)(CCC(=O)O)NC(=O)c1cnc(CNC(=O)OCC2c3ccccc3-c3ccccc32)s1. The van der Waals surface area contributed by atoms with Crippen LogP contribution in [0.15, 0.2) is 54.7 Å². The number of carbonyl (C=O) groups excluding carboxylic acids is 2. The van der Waals surface area contributed by atoms with E-state index in [9.17, 15) is 14.4 Å². The molecular weight excluding hydrogens is 466 g/mol. The molecule has 3 aromatic rings. The maximum absolute atomic E-state index is 12.5. The van der Waals surface area contributed by atoms with E-state index in [2.05, 4.69) is 39.9 Å². The van der Waals surface area contributed by atoms with Crippen LogP contribution in [0.2, 0.25) is 0 Å². The first-order valence-corrected chi connectivity index (χ1v) is 12.1. The summed E-state index contributed by atoms with van der Waals surface area (Å²) in [6, 6.07) is 16.3. The van der Waals surface area contributed by atoms with Gasteiger partial charge in [0.05, 0.1) is 12.7 Å². The fraction of sp³-hybridized carbons (Fsp3) is 0.308. The van der Waals surface area contributed by atoms with Crippen LogP contribution in [0, 0.1) is 0 Å². The van der Waals surface area contributed by atoms with Gasteiger partial charge < -0.3 is 20.5 Å². The molecule has 0 unspecified atom stereocenters. The third kappa shape index (κ3) is 5.86. The summed E-state index contributed by atoms with van der Waals surface area (Å²) in [5.74, 6) is -1.26. The van der Waals surface area contributed by atoms with Crippen LogP contribution >= 0.6 is 11.3 Å². The van der Waals surface area contributed by atoms with Crippen LogP contribution in [0.3, 0.4) is 0 Å².